The number of hydrogen-bond donors (Lipinski definition) is 1. The Balaban J connectivity index is 1.50. The van der Waals surface area contributed by atoms with E-state index in [4.69, 9.17) is 21.1 Å². The molecule has 0 unspecified atom stereocenters. The minimum absolute atomic E-state index is 0.197. The predicted molar refractivity (Wildman–Crippen MR) is 135 cm³/mol. The molecule has 1 aliphatic heterocycles. The van der Waals surface area contributed by atoms with Crippen LogP contribution in [0.25, 0.3) is 6.08 Å². The predicted octanol–water partition coefficient (Wildman–Crippen LogP) is 6.44. The van der Waals surface area contributed by atoms with Gasteiger partial charge in [-0.1, -0.05) is 53.6 Å². The summed E-state index contributed by atoms with van der Waals surface area (Å²) in [5, 5.41) is 3.96. The lowest BCUT2D eigenvalue weighted by molar-refractivity contribution is -0.115. The maximum Gasteiger partial charge on any atom is 0.264 e. The monoisotopic (exact) mass is 478 g/mol. The quantitative estimate of drug-likeness (QED) is 0.414. The maximum absolute atomic E-state index is 12.5. The van der Waals surface area contributed by atoms with E-state index in [1.54, 1.807) is 13.2 Å². The molecule has 0 saturated carbocycles. The molecule has 0 bridgehead atoms. The lowest BCUT2D eigenvalue weighted by Gasteiger charge is -2.11. The third-order valence-corrected chi connectivity index (χ3v) is 6.43. The van der Waals surface area contributed by atoms with Gasteiger partial charge in [-0.2, -0.15) is 0 Å². The highest BCUT2D eigenvalue weighted by atomic mass is 35.5. The molecule has 1 N–H and O–H groups in total. The van der Waals surface area contributed by atoms with Crippen LogP contribution in [-0.4, -0.2) is 18.2 Å². The summed E-state index contributed by atoms with van der Waals surface area (Å²) in [7, 11) is 1.60. The first kappa shape index (κ1) is 23.0. The summed E-state index contributed by atoms with van der Waals surface area (Å²) >= 11 is 7.46. The van der Waals surface area contributed by atoms with Crippen molar-refractivity contribution >= 4 is 46.2 Å². The number of ether oxygens (including phenoxy) is 2. The Bertz CT molecular complexity index is 1250. The van der Waals surface area contributed by atoms with Gasteiger partial charge in [0.25, 0.3) is 5.91 Å². The van der Waals surface area contributed by atoms with Crippen LogP contribution in [0.2, 0.25) is 5.02 Å². The molecule has 1 heterocycles. The Morgan fingerprint density at radius 3 is 2.61 bits per heavy atom. The van der Waals surface area contributed by atoms with Gasteiger partial charge in [0.15, 0.2) is 16.7 Å². The first-order valence-corrected chi connectivity index (χ1v) is 11.5. The Morgan fingerprint density at radius 2 is 1.85 bits per heavy atom. The number of methoxy groups -OCH3 is 1. The Labute approximate surface area is 202 Å². The topological polar surface area (TPSA) is 59.9 Å². The molecule has 1 fully saturated rings. The molecule has 0 spiro atoms. The SMILES string of the molecule is COc1cc(/C=C2/SC(=Nc3cccc(Cl)c3C)NC2=O)ccc1OCc1ccc(C)cc1. The maximum atomic E-state index is 12.5. The molecule has 1 amide bonds. The number of amides is 1. The van der Waals surface area contributed by atoms with Crippen LogP contribution in [-0.2, 0) is 11.4 Å². The first-order chi connectivity index (χ1) is 15.9. The Hall–Kier alpha value is -3.22. The number of amidine groups is 1. The Morgan fingerprint density at radius 1 is 1.06 bits per heavy atom. The molecule has 1 saturated heterocycles. The highest BCUT2D eigenvalue weighted by molar-refractivity contribution is 8.18. The molecule has 0 radical (unpaired) electrons. The number of rotatable bonds is 6. The number of nitrogens with one attached hydrogen (secondary N) is 1. The number of carbonyl (C=O) groups is 1. The van der Waals surface area contributed by atoms with Crippen molar-refractivity contribution in [2.75, 3.05) is 7.11 Å². The largest absolute Gasteiger partial charge is 0.493 e. The fourth-order valence-corrected chi connectivity index (χ4v) is 4.20. The first-order valence-electron chi connectivity index (χ1n) is 10.3. The van der Waals surface area contributed by atoms with Crippen molar-refractivity contribution < 1.29 is 14.3 Å². The summed E-state index contributed by atoms with van der Waals surface area (Å²) in [4.78, 5) is 17.6. The van der Waals surface area contributed by atoms with Crippen LogP contribution in [0.1, 0.15) is 22.3 Å². The third-order valence-electron chi connectivity index (χ3n) is 5.11. The molecule has 0 atom stereocenters. The van der Waals surface area contributed by atoms with E-state index >= 15 is 0 Å². The molecule has 0 aliphatic carbocycles. The average molecular weight is 479 g/mol. The molecule has 5 nitrogen and oxygen atoms in total. The van der Waals surface area contributed by atoms with Crippen LogP contribution in [0.3, 0.4) is 0 Å². The molecule has 3 aromatic rings. The van der Waals surface area contributed by atoms with Crippen molar-refractivity contribution in [3.8, 4) is 11.5 Å². The zero-order valence-electron chi connectivity index (χ0n) is 18.5. The third kappa shape index (κ3) is 5.59. The van der Waals surface area contributed by atoms with Gasteiger partial charge in [-0.25, -0.2) is 4.99 Å². The molecule has 7 heteroatoms. The highest BCUT2D eigenvalue weighted by Crippen LogP contribution is 2.33. The van der Waals surface area contributed by atoms with Crippen molar-refractivity contribution in [3.05, 3.63) is 92.8 Å². The summed E-state index contributed by atoms with van der Waals surface area (Å²) in [6.07, 6.45) is 1.81. The van der Waals surface area contributed by atoms with Gasteiger partial charge in [0.05, 0.1) is 17.7 Å². The van der Waals surface area contributed by atoms with Gasteiger partial charge in [0.2, 0.25) is 0 Å². The molecular weight excluding hydrogens is 456 g/mol. The fraction of sp³-hybridized carbons (Fsp3) is 0.154. The van der Waals surface area contributed by atoms with Gasteiger partial charge in [-0.3, -0.25) is 4.79 Å². The van der Waals surface area contributed by atoms with Gasteiger partial charge in [-0.15, -0.1) is 0 Å². The number of hydrogen-bond acceptors (Lipinski definition) is 5. The van der Waals surface area contributed by atoms with Crippen molar-refractivity contribution in [1.82, 2.24) is 5.32 Å². The zero-order chi connectivity index (χ0) is 23.4. The number of thioether (sulfide) groups is 1. The van der Waals surface area contributed by atoms with E-state index in [1.807, 2.05) is 55.5 Å². The normalized spacial score (nSPS) is 15.7. The van der Waals surface area contributed by atoms with Crippen LogP contribution in [0.15, 0.2) is 70.6 Å². The molecule has 1 aliphatic rings. The summed E-state index contributed by atoms with van der Waals surface area (Å²) in [5.41, 5.74) is 4.70. The smallest absolute Gasteiger partial charge is 0.264 e. The standard InChI is InChI=1S/C26H23ClN2O3S/c1-16-7-9-18(10-8-16)15-32-22-12-11-19(13-23(22)31-3)14-24-25(30)29-26(33-24)28-21-6-4-5-20(27)17(21)2/h4-14H,15H2,1-3H3,(H,28,29,30)/b24-14+. The second-order valence-electron chi connectivity index (χ2n) is 7.55. The summed E-state index contributed by atoms with van der Waals surface area (Å²) in [6.45, 7) is 4.39. The van der Waals surface area contributed by atoms with E-state index in [0.717, 1.165) is 22.4 Å². The van der Waals surface area contributed by atoms with E-state index in [1.165, 1.54) is 17.3 Å². The van der Waals surface area contributed by atoms with Crippen LogP contribution < -0.4 is 14.8 Å². The minimum Gasteiger partial charge on any atom is -0.493 e. The van der Waals surface area contributed by atoms with Gasteiger partial charge < -0.3 is 14.8 Å². The number of aryl methyl sites for hydroxylation is 1. The Kier molecular flexibility index (Phi) is 7.06. The second-order valence-corrected chi connectivity index (χ2v) is 8.99. The average Bonchev–Trinajstić information content (AvgIpc) is 3.15. The van der Waals surface area contributed by atoms with Crippen LogP contribution in [0.5, 0.6) is 11.5 Å². The van der Waals surface area contributed by atoms with E-state index in [2.05, 4.69) is 29.4 Å². The summed E-state index contributed by atoms with van der Waals surface area (Å²) in [6, 6.07) is 19.3. The molecule has 4 rings (SSSR count). The van der Waals surface area contributed by atoms with E-state index in [-0.39, 0.29) is 5.91 Å². The number of carbonyl (C=O) groups excluding carboxylic acids is 1. The number of aliphatic imine (C=N–C) groups is 1. The molecule has 33 heavy (non-hydrogen) atoms. The molecule has 3 aromatic carbocycles. The van der Waals surface area contributed by atoms with E-state index in [9.17, 15) is 4.79 Å². The van der Waals surface area contributed by atoms with Crippen LogP contribution >= 0.6 is 23.4 Å². The van der Waals surface area contributed by atoms with Crippen LogP contribution in [0.4, 0.5) is 5.69 Å². The van der Waals surface area contributed by atoms with Crippen molar-refractivity contribution in [3.63, 3.8) is 0 Å². The van der Waals surface area contributed by atoms with Crippen molar-refractivity contribution in [2.45, 2.75) is 20.5 Å². The molecule has 0 aromatic heterocycles. The van der Waals surface area contributed by atoms with E-state index < -0.39 is 0 Å². The lowest BCUT2D eigenvalue weighted by Crippen LogP contribution is -2.19. The number of halogens is 1. The number of benzene rings is 3. The van der Waals surface area contributed by atoms with Gasteiger partial charge in [0.1, 0.15) is 6.61 Å². The van der Waals surface area contributed by atoms with Crippen molar-refractivity contribution in [2.24, 2.45) is 4.99 Å². The van der Waals surface area contributed by atoms with E-state index in [0.29, 0.717) is 33.2 Å². The van der Waals surface area contributed by atoms with Crippen molar-refractivity contribution in [1.29, 1.82) is 0 Å². The molecule has 168 valence electrons. The van der Waals surface area contributed by atoms with Crippen LogP contribution in [0, 0.1) is 13.8 Å². The number of nitrogens with zero attached hydrogens (tertiary/aromatic N) is 1. The minimum atomic E-state index is -0.197. The van der Waals surface area contributed by atoms with Gasteiger partial charge in [-0.05, 0) is 72.6 Å². The van der Waals surface area contributed by atoms with Gasteiger partial charge >= 0.3 is 0 Å². The summed E-state index contributed by atoms with van der Waals surface area (Å²) < 4.78 is 11.5. The zero-order valence-corrected chi connectivity index (χ0v) is 20.1. The molecular formula is C26H23ClN2O3S. The second kappa shape index (κ2) is 10.1. The van der Waals surface area contributed by atoms with Gasteiger partial charge in [0, 0.05) is 5.02 Å². The summed E-state index contributed by atoms with van der Waals surface area (Å²) in [5.74, 6) is 1.04. The fourth-order valence-electron chi connectivity index (χ4n) is 3.20. The highest BCUT2D eigenvalue weighted by Gasteiger charge is 2.24. The lowest BCUT2D eigenvalue weighted by atomic mass is 10.1.